The van der Waals surface area contributed by atoms with E-state index in [0.29, 0.717) is 0 Å². The number of nitrogens with zero attached hydrogens (tertiary/aromatic N) is 1. The van der Waals surface area contributed by atoms with E-state index in [0.717, 1.165) is 25.9 Å². The zero-order chi connectivity index (χ0) is 12.2. The first-order valence-corrected chi connectivity index (χ1v) is 5.44. The van der Waals surface area contributed by atoms with Gasteiger partial charge in [0.25, 0.3) is 0 Å². The lowest BCUT2D eigenvalue weighted by Gasteiger charge is -2.39. The second kappa shape index (κ2) is 5.33. The summed E-state index contributed by atoms with van der Waals surface area (Å²) in [4.78, 5) is 2.12. The van der Waals surface area contributed by atoms with Crippen molar-refractivity contribution in [3.8, 4) is 0 Å². The number of nitrogens with one attached hydrogen (secondary N) is 1. The molecule has 1 aliphatic rings. The standard InChI is InChI=1S/C10H19F3N2O/c1-15-4-2-9(8-16,3-5-15)6-14-7-10(11,12)13/h14,16H,2-8H2,1H3. The van der Waals surface area contributed by atoms with E-state index in [1.54, 1.807) is 0 Å². The second-order valence-electron chi connectivity index (χ2n) is 4.68. The van der Waals surface area contributed by atoms with E-state index < -0.39 is 12.7 Å². The first-order valence-electron chi connectivity index (χ1n) is 5.44. The minimum absolute atomic E-state index is 0.0499. The van der Waals surface area contributed by atoms with Crippen LogP contribution in [0.5, 0.6) is 0 Å². The molecule has 3 nitrogen and oxygen atoms in total. The van der Waals surface area contributed by atoms with Gasteiger partial charge in [0.2, 0.25) is 0 Å². The van der Waals surface area contributed by atoms with Gasteiger partial charge in [-0.05, 0) is 33.0 Å². The fraction of sp³-hybridized carbons (Fsp3) is 1.00. The monoisotopic (exact) mass is 240 g/mol. The Morgan fingerprint density at radius 3 is 2.31 bits per heavy atom. The molecule has 1 aliphatic heterocycles. The lowest BCUT2D eigenvalue weighted by molar-refractivity contribution is -0.126. The summed E-state index contributed by atoms with van der Waals surface area (Å²) in [6, 6.07) is 0. The largest absolute Gasteiger partial charge is 0.401 e. The van der Waals surface area contributed by atoms with E-state index in [1.165, 1.54) is 0 Å². The van der Waals surface area contributed by atoms with Crippen LogP contribution < -0.4 is 5.32 Å². The summed E-state index contributed by atoms with van der Waals surface area (Å²) in [5, 5.41) is 11.7. The summed E-state index contributed by atoms with van der Waals surface area (Å²) >= 11 is 0. The molecule has 0 bridgehead atoms. The SMILES string of the molecule is CN1CCC(CO)(CNCC(F)(F)F)CC1. The molecule has 0 aliphatic carbocycles. The van der Waals surface area contributed by atoms with E-state index in [9.17, 15) is 18.3 Å². The van der Waals surface area contributed by atoms with Crippen LogP contribution >= 0.6 is 0 Å². The third-order valence-electron chi connectivity index (χ3n) is 3.21. The molecule has 0 amide bonds. The van der Waals surface area contributed by atoms with Crippen molar-refractivity contribution in [3.63, 3.8) is 0 Å². The Balaban J connectivity index is 2.36. The van der Waals surface area contributed by atoms with Gasteiger partial charge in [0, 0.05) is 12.0 Å². The summed E-state index contributed by atoms with van der Waals surface area (Å²) in [5.41, 5.74) is -0.377. The van der Waals surface area contributed by atoms with Gasteiger partial charge in [0.15, 0.2) is 0 Å². The molecular weight excluding hydrogens is 221 g/mol. The summed E-state index contributed by atoms with van der Waals surface area (Å²) in [6.07, 6.45) is -2.70. The zero-order valence-corrected chi connectivity index (χ0v) is 9.48. The number of alkyl halides is 3. The lowest BCUT2D eigenvalue weighted by Crippen LogP contribution is -2.47. The first kappa shape index (κ1) is 13.7. The van der Waals surface area contributed by atoms with Crippen LogP contribution in [0.4, 0.5) is 13.2 Å². The minimum Gasteiger partial charge on any atom is -0.396 e. The fourth-order valence-electron chi connectivity index (χ4n) is 1.95. The first-order chi connectivity index (χ1) is 7.37. The molecule has 0 aromatic carbocycles. The van der Waals surface area contributed by atoms with E-state index >= 15 is 0 Å². The number of piperidine rings is 1. The smallest absolute Gasteiger partial charge is 0.396 e. The van der Waals surface area contributed by atoms with Crippen LogP contribution in [0, 0.1) is 5.41 Å². The molecule has 1 heterocycles. The Kier molecular flexibility index (Phi) is 4.58. The van der Waals surface area contributed by atoms with Crippen molar-refractivity contribution in [2.75, 3.05) is 39.8 Å². The highest BCUT2D eigenvalue weighted by atomic mass is 19.4. The Labute approximate surface area is 93.6 Å². The predicted molar refractivity (Wildman–Crippen MR) is 55.2 cm³/mol. The van der Waals surface area contributed by atoms with Crippen molar-refractivity contribution in [1.82, 2.24) is 10.2 Å². The highest BCUT2D eigenvalue weighted by molar-refractivity contribution is 4.86. The Morgan fingerprint density at radius 1 is 1.31 bits per heavy atom. The molecule has 2 N–H and O–H groups in total. The average Bonchev–Trinajstić information content (AvgIpc) is 2.20. The Hall–Kier alpha value is -0.330. The molecule has 0 atom stereocenters. The molecule has 1 rings (SSSR count). The second-order valence-corrected chi connectivity index (χ2v) is 4.68. The fourth-order valence-corrected chi connectivity index (χ4v) is 1.95. The third-order valence-corrected chi connectivity index (χ3v) is 3.21. The molecule has 0 unspecified atom stereocenters. The quantitative estimate of drug-likeness (QED) is 0.764. The molecule has 0 radical (unpaired) electrons. The van der Waals surface area contributed by atoms with Crippen LogP contribution in [0.15, 0.2) is 0 Å². The van der Waals surface area contributed by atoms with Crippen LogP contribution in [0.2, 0.25) is 0 Å². The van der Waals surface area contributed by atoms with Crippen molar-refractivity contribution in [3.05, 3.63) is 0 Å². The number of halogens is 3. The van der Waals surface area contributed by atoms with E-state index in [1.807, 2.05) is 7.05 Å². The molecule has 16 heavy (non-hydrogen) atoms. The van der Waals surface area contributed by atoms with E-state index in [-0.39, 0.29) is 18.6 Å². The molecular formula is C10H19F3N2O. The Bertz CT molecular complexity index is 213. The number of rotatable bonds is 4. The molecule has 0 aromatic heterocycles. The normalized spacial score (nSPS) is 22.3. The summed E-state index contributed by atoms with van der Waals surface area (Å²) in [5.74, 6) is 0. The lowest BCUT2D eigenvalue weighted by atomic mass is 9.79. The van der Waals surface area contributed by atoms with Gasteiger partial charge in [0.05, 0.1) is 13.2 Å². The number of hydrogen-bond acceptors (Lipinski definition) is 3. The van der Waals surface area contributed by atoms with Gasteiger partial charge in [-0.15, -0.1) is 0 Å². The number of hydrogen-bond donors (Lipinski definition) is 2. The van der Waals surface area contributed by atoms with Gasteiger partial charge in [-0.3, -0.25) is 0 Å². The van der Waals surface area contributed by atoms with Crippen LogP contribution in [-0.2, 0) is 0 Å². The van der Waals surface area contributed by atoms with Gasteiger partial charge in [-0.25, -0.2) is 0 Å². The zero-order valence-electron chi connectivity index (χ0n) is 9.48. The van der Waals surface area contributed by atoms with Crippen molar-refractivity contribution in [2.45, 2.75) is 19.0 Å². The molecule has 1 saturated heterocycles. The van der Waals surface area contributed by atoms with Crippen molar-refractivity contribution in [1.29, 1.82) is 0 Å². The van der Waals surface area contributed by atoms with Gasteiger partial charge < -0.3 is 15.3 Å². The topological polar surface area (TPSA) is 35.5 Å². The predicted octanol–water partition coefficient (Wildman–Crippen LogP) is 0.843. The summed E-state index contributed by atoms with van der Waals surface area (Å²) in [7, 11) is 1.98. The highest BCUT2D eigenvalue weighted by Gasteiger charge is 2.34. The van der Waals surface area contributed by atoms with Crippen molar-refractivity contribution >= 4 is 0 Å². The van der Waals surface area contributed by atoms with Gasteiger partial charge in [-0.1, -0.05) is 0 Å². The van der Waals surface area contributed by atoms with Crippen LogP contribution in [0.25, 0.3) is 0 Å². The number of likely N-dealkylation sites (tertiary alicyclic amines) is 1. The average molecular weight is 240 g/mol. The Morgan fingerprint density at radius 2 is 1.88 bits per heavy atom. The van der Waals surface area contributed by atoms with Crippen LogP contribution in [0.3, 0.4) is 0 Å². The van der Waals surface area contributed by atoms with Crippen molar-refractivity contribution < 1.29 is 18.3 Å². The van der Waals surface area contributed by atoms with E-state index in [4.69, 9.17) is 0 Å². The van der Waals surface area contributed by atoms with Crippen molar-refractivity contribution in [2.24, 2.45) is 5.41 Å². The maximum atomic E-state index is 12.0. The minimum atomic E-state index is -4.18. The highest BCUT2D eigenvalue weighted by Crippen LogP contribution is 2.29. The molecule has 96 valence electrons. The number of aliphatic hydroxyl groups is 1. The summed E-state index contributed by atoms with van der Waals surface area (Å²) < 4.78 is 35.9. The van der Waals surface area contributed by atoms with E-state index in [2.05, 4.69) is 10.2 Å². The molecule has 1 fully saturated rings. The van der Waals surface area contributed by atoms with Crippen LogP contribution in [-0.4, -0.2) is 56.0 Å². The summed E-state index contributed by atoms with van der Waals surface area (Å²) in [6.45, 7) is 0.857. The maximum absolute atomic E-state index is 12.0. The van der Waals surface area contributed by atoms with Gasteiger partial charge >= 0.3 is 6.18 Å². The van der Waals surface area contributed by atoms with Gasteiger partial charge in [-0.2, -0.15) is 13.2 Å². The molecule has 0 saturated carbocycles. The molecule has 0 aromatic rings. The third kappa shape index (κ3) is 4.27. The maximum Gasteiger partial charge on any atom is 0.401 e. The molecule has 6 heteroatoms. The van der Waals surface area contributed by atoms with Gasteiger partial charge in [0.1, 0.15) is 0 Å². The number of aliphatic hydroxyl groups excluding tert-OH is 1. The molecule has 0 spiro atoms. The van der Waals surface area contributed by atoms with Crippen LogP contribution in [0.1, 0.15) is 12.8 Å².